The topological polar surface area (TPSA) is 38.3 Å². The Bertz CT molecular complexity index is 119. The molecule has 1 fully saturated rings. The smallest absolute Gasteiger partial charge is 0.307 e. The van der Waals surface area contributed by atoms with E-state index in [4.69, 9.17) is 4.74 Å². The molecule has 0 aromatic heterocycles. The zero-order chi connectivity index (χ0) is 7.40. The van der Waals surface area contributed by atoms with Crippen molar-refractivity contribution in [2.75, 3.05) is 6.54 Å². The van der Waals surface area contributed by atoms with E-state index in [0.717, 1.165) is 19.4 Å². The molecule has 0 aromatic carbocycles. The van der Waals surface area contributed by atoms with Gasteiger partial charge in [0.25, 0.3) is 0 Å². The summed E-state index contributed by atoms with van der Waals surface area (Å²) in [5.41, 5.74) is 0. The molecular weight excluding hydrogens is 130 g/mol. The SMILES string of the molecule is CCC(=O)OC1CCCN1. The molecule has 1 saturated heterocycles. The summed E-state index contributed by atoms with van der Waals surface area (Å²) in [6.07, 6.45) is 2.54. The van der Waals surface area contributed by atoms with Crippen LogP contribution in [-0.4, -0.2) is 18.7 Å². The van der Waals surface area contributed by atoms with Gasteiger partial charge in [0.05, 0.1) is 0 Å². The number of carbonyl (C=O) groups is 1. The fourth-order valence-electron chi connectivity index (χ4n) is 0.995. The highest BCUT2D eigenvalue weighted by Crippen LogP contribution is 2.06. The summed E-state index contributed by atoms with van der Waals surface area (Å²) in [6.45, 7) is 2.78. The number of hydrogen-bond acceptors (Lipinski definition) is 3. The fraction of sp³-hybridized carbons (Fsp3) is 0.857. The van der Waals surface area contributed by atoms with Gasteiger partial charge in [-0.25, -0.2) is 0 Å². The lowest BCUT2D eigenvalue weighted by atomic mass is 10.4. The van der Waals surface area contributed by atoms with Gasteiger partial charge in [-0.15, -0.1) is 0 Å². The third kappa shape index (κ3) is 1.99. The van der Waals surface area contributed by atoms with Gasteiger partial charge in [0.15, 0.2) is 6.23 Å². The van der Waals surface area contributed by atoms with Crippen molar-refractivity contribution < 1.29 is 9.53 Å². The second kappa shape index (κ2) is 3.56. The molecule has 10 heavy (non-hydrogen) atoms. The van der Waals surface area contributed by atoms with Crippen LogP contribution in [0.1, 0.15) is 26.2 Å². The van der Waals surface area contributed by atoms with Crippen molar-refractivity contribution in [2.24, 2.45) is 0 Å². The summed E-state index contributed by atoms with van der Waals surface area (Å²) in [6, 6.07) is 0. The molecule has 0 spiro atoms. The van der Waals surface area contributed by atoms with Crippen molar-refractivity contribution in [1.29, 1.82) is 0 Å². The van der Waals surface area contributed by atoms with Gasteiger partial charge >= 0.3 is 5.97 Å². The fourth-order valence-corrected chi connectivity index (χ4v) is 0.995. The molecule has 1 rings (SSSR count). The van der Waals surface area contributed by atoms with Crippen LogP contribution in [0.25, 0.3) is 0 Å². The molecule has 3 nitrogen and oxygen atoms in total. The molecule has 0 amide bonds. The minimum absolute atomic E-state index is 0.00699. The first-order chi connectivity index (χ1) is 4.83. The number of hydrogen-bond donors (Lipinski definition) is 1. The third-order valence-electron chi connectivity index (χ3n) is 1.58. The van der Waals surface area contributed by atoms with E-state index in [0.29, 0.717) is 6.42 Å². The minimum Gasteiger partial charge on any atom is -0.447 e. The second-order valence-electron chi connectivity index (χ2n) is 2.43. The van der Waals surface area contributed by atoms with Gasteiger partial charge < -0.3 is 4.74 Å². The molecular formula is C7H13NO2. The maximum Gasteiger partial charge on any atom is 0.307 e. The predicted molar refractivity (Wildman–Crippen MR) is 37.4 cm³/mol. The van der Waals surface area contributed by atoms with Crippen LogP contribution in [-0.2, 0) is 9.53 Å². The van der Waals surface area contributed by atoms with E-state index in [1.807, 2.05) is 0 Å². The van der Waals surface area contributed by atoms with E-state index in [2.05, 4.69) is 5.32 Å². The Labute approximate surface area is 60.7 Å². The molecule has 3 heteroatoms. The first-order valence-electron chi connectivity index (χ1n) is 3.76. The molecule has 0 aliphatic carbocycles. The summed E-state index contributed by atoms with van der Waals surface area (Å²) in [5, 5.41) is 3.08. The Balaban J connectivity index is 2.17. The van der Waals surface area contributed by atoms with E-state index in [9.17, 15) is 4.79 Å². The molecule has 1 atom stereocenters. The van der Waals surface area contributed by atoms with Gasteiger partial charge in [-0.1, -0.05) is 6.92 Å². The van der Waals surface area contributed by atoms with E-state index in [-0.39, 0.29) is 12.2 Å². The van der Waals surface area contributed by atoms with Crippen LogP contribution in [0.2, 0.25) is 0 Å². The highest BCUT2D eigenvalue weighted by Gasteiger charge is 2.16. The highest BCUT2D eigenvalue weighted by atomic mass is 16.6. The van der Waals surface area contributed by atoms with Crippen LogP contribution in [0.4, 0.5) is 0 Å². The van der Waals surface area contributed by atoms with E-state index in [1.165, 1.54) is 0 Å². The third-order valence-corrected chi connectivity index (χ3v) is 1.58. The van der Waals surface area contributed by atoms with Gasteiger partial charge in [0, 0.05) is 6.42 Å². The molecule has 1 unspecified atom stereocenters. The zero-order valence-corrected chi connectivity index (χ0v) is 6.22. The molecule has 1 N–H and O–H groups in total. The summed E-state index contributed by atoms with van der Waals surface area (Å²) in [5.74, 6) is -0.112. The molecule has 0 bridgehead atoms. The molecule has 0 aromatic rings. The molecule has 0 radical (unpaired) electrons. The summed E-state index contributed by atoms with van der Waals surface area (Å²) in [7, 11) is 0. The van der Waals surface area contributed by atoms with Gasteiger partial charge in [-0.2, -0.15) is 0 Å². The standard InChI is InChI=1S/C7H13NO2/c1-2-7(9)10-6-4-3-5-8-6/h6,8H,2-5H2,1H3. The molecule has 1 heterocycles. The highest BCUT2D eigenvalue weighted by molar-refractivity contribution is 5.69. The van der Waals surface area contributed by atoms with E-state index in [1.54, 1.807) is 6.92 Å². The minimum atomic E-state index is -0.112. The number of rotatable bonds is 2. The lowest BCUT2D eigenvalue weighted by Gasteiger charge is -2.09. The van der Waals surface area contributed by atoms with Crippen LogP contribution < -0.4 is 5.32 Å². The normalized spacial score (nSPS) is 24.7. The zero-order valence-electron chi connectivity index (χ0n) is 6.22. The van der Waals surface area contributed by atoms with Gasteiger partial charge in [0.2, 0.25) is 0 Å². The van der Waals surface area contributed by atoms with Crippen LogP contribution in [0.5, 0.6) is 0 Å². The van der Waals surface area contributed by atoms with Gasteiger partial charge in [-0.3, -0.25) is 10.1 Å². The maximum absolute atomic E-state index is 10.7. The molecule has 1 aliphatic rings. The average molecular weight is 143 g/mol. The van der Waals surface area contributed by atoms with Crippen molar-refractivity contribution in [3.05, 3.63) is 0 Å². The van der Waals surface area contributed by atoms with Crippen molar-refractivity contribution in [2.45, 2.75) is 32.4 Å². The Kier molecular flexibility index (Phi) is 2.68. The van der Waals surface area contributed by atoms with Crippen molar-refractivity contribution >= 4 is 5.97 Å². The predicted octanol–water partition coefficient (Wildman–Crippen LogP) is 0.649. The number of ether oxygens (including phenoxy) is 1. The first-order valence-corrected chi connectivity index (χ1v) is 3.76. The number of carbonyl (C=O) groups excluding carboxylic acids is 1. The first kappa shape index (κ1) is 7.54. The summed E-state index contributed by atoms with van der Waals surface area (Å²) >= 11 is 0. The van der Waals surface area contributed by atoms with Gasteiger partial charge in [0.1, 0.15) is 0 Å². The Morgan fingerprint density at radius 3 is 3.10 bits per heavy atom. The second-order valence-corrected chi connectivity index (χ2v) is 2.43. The largest absolute Gasteiger partial charge is 0.447 e. The average Bonchev–Trinajstić information content (AvgIpc) is 2.40. The van der Waals surface area contributed by atoms with Crippen molar-refractivity contribution in [3.63, 3.8) is 0 Å². The molecule has 58 valence electrons. The monoisotopic (exact) mass is 143 g/mol. The molecule has 0 saturated carbocycles. The van der Waals surface area contributed by atoms with Crippen molar-refractivity contribution in [1.82, 2.24) is 5.32 Å². The van der Waals surface area contributed by atoms with Crippen LogP contribution in [0, 0.1) is 0 Å². The number of esters is 1. The maximum atomic E-state index is 10.7. The summed E-state index contributed by atoms with van der Waals surface area (Å²) in [4.78, 5) is 10.7. The Hall–Kier alpha value is -0.570. The van der Waals surface area contributed by atoms with Crippen LogP contribution in [0.15, 0.2) is 0 Å². The van der Waals surface area contributed by atoms with Crippen molar-refractivity contribution in [3.8, 4) is 0 Å². The lowest BCUT2D eigenvalue weighted by Crippen LogP contribution is -2.27. The summed E-state index contributed by atoms with van der Waals surface area (Å²) < 4.78 is 5.01. The van der Waals surface area contributed by atoms with Gasteiger partial charge in [-0.05, 0) is 19.4 Å². The lowest BCUT2D eigenvalue weighted by molar-refractivity contribution is -0.149. The Morgan fingerprint density at radius 2 is 2.60 bits per heavy atom. The van der Waals surface area contributed by atoms with E-state index >= 15 is 0 Å². The number of nitrogens with one attached hydrogen (secondary N) is 1. The molecule has 1 aliphatic heterocycles. The quantitative estimate of drug-likeness (QED) is 0.577. The Morgan fingerprint density at radius 1 is 1.80 bits per heavy atom. The van der Waals surface area contributed by atoms with Crippen LogP contribution in [0.3, 0.4) is 0 Å². The van der Waals surface area contributed by atoms with E-state index < -0.39 is 0 Å². The van der Waals surface area contributed by atoms with Crippen LogP contribution >= 0.6 is 0 Å².